The molecule has 176 valence electrons. The Morgan fingerprint density at radius 1 is 1.09 bits per heavy atom. The molecular formula is C27H33FN2O3. The van der Waals surface area contributed by atoms with Crippen molar-refractivity contribution in [2.24, 2.45) is 0 Å². The summed E-state index contributed by atoms with van der Waals surface area (Å²) in [7, 11) is 0. The lowest BCUT2D eigenvalue weighted by Gasteiger charge is -2.38. The second kappa shape index (κ2) is 8.47. The van der Waals surface area contributed by atoms with E-state index < -0.39 is 11.0 Å². The third-order valence-electron chi connectivity index (χ3n) is 6.61. The quantitative estimate of drug-likeness (QED) is 0.653. The number of ether oxygens (including phenoxy) is 1. The van der Waals surface area contributed by atoms with Crippen LogP contribution in [0.3, 0.4) is 0 Å². The minimum absolute atomic E-state index is 0.168. The molecule has 2 aromatic carbocycles. The van der Waals surface area contributed by atoms with Gasteiger partial charge in [0.05, 0.1) is 5.41 Å². The Bertz CT molecular complexity index is 1070. The first-order chi connectivity index (χ1) is 15.5. The second-order valence-electron chi connectivity index (χ2n) is 10.6. The molecule has 2 aromatic rings. The van der Waals surface area contributed by atoms with Crippen LogP contribution in [0.15, 0.2) is 42.5 Å². The number of ketones is 1. The summed E-state index contributed by atoms with van der Waals surface area (Å²) < 4.78 is 19.3. The highest BCUT2D eigenvalue weighted by molar-refractivity contribution is 6.02. The van der Waals surface area contributed by atoms with E-state index in [-0.39, 0.29) is 23.6 Å². The number of Topliss-reactive ketones (excluding diaryl/α,β-unsaturated/α-hetero) is 1. The van der Waals surface area contributed by atoms with E-state index in [1.165, 1.54) is 12.1 Å². The molecule has 33 heavy (non-hydrogen) atoms. The minimum atomic E-state index is -0.633. The van der Waals surface area contributed by atoms with Crippen LogP contribution in [-0.2, 0) is 21.4 Å². The van der Waals surface area contributed by atoms with Gasteiger partial charge in [-0.1, -0.05) is 24.3 Å². The Hall–Kier alpha value is -2.89. The highest BCUT2D eigenvalue weighted by Crippen LogP contribution is 2.48. The molecule has 1 fully saturated rings. The van der Waals surface area contributed by atoms with Crippen LogP contribution < -0.4 is 4.90 Å². The SMILES string of the molecule is CC(C)(C)OC(=O)N1CCN(c2cccc3c2C(C)(C)C(=O)C3Cc2cccc(F)c2)CC1. The molecule has 1 saturated heterocycles. The van der Waals surface area contributed by atoms with Gasteiger partial charge in [0.25, 0.3) is 0 Å². The number of rotatable bonds is 3. The van der Waals surface area contributed by atoms with Crippen LogP contribution in [0.4, 0.5) is 14.9 Å². The standard InChI is InChI=1S/C27H33FN2O3/c1-26(2,3)33-25(32)30-14-12-29(13-15-30)22-11-7-10-20-21(24(31)27(4,5)23(20)22)17-18-8-6-9-19(28)16-18/h6-11,16,21H,12-15,17H2,1-5H3. The Kier molecular flexibility index (Phi) is 5.97. The van der Waals surface area contributed by atoms with Gasteiger partial charge in [-0.3, -0.25) is 4.79 Å². The van der Waals surface area contributed by atoms with Gasteiger partial charge in [-0.2, -0.15) is 0 Å². The number of carbonyl (C=O) groups is 2. The smallest absolute Gasteiger partial charge is 0.410 e. The van der Waals surface area contributed by atoms with Gasteiger partial charge in [0.2, 0.25) is 0 Å². The summed E-state index contributed by atoms with van der Waals surface area (Å²) in [4.78, 5) is 30.0. The van der Waals surface area contributed by atoms with Gasteiger partial charge in [-0.25, -0.2) is 9.18 Å². The zero-order chi connectivity index (χ0) is 24.0. The average molecular weight is 453 g/mol. The number of fused-ring (bicyclic) bond motifs is 1. The first-order valence-electron chi connectivity index (χ1n) is 11.6. The molecule has 0 radical (unpaired) electrons. The zero-order valence-corrected chi connectivity index (χ0v) is 20.2. The maximum absolute atomic E-state index is 13.7. The molecule has 1 atom stereocenters. The third kappa shape index (κ3) is 4.61. The van der Waals surface area contributed by atoms with Crippen molar-refractivity contribution in [2.45, 2.75) is 58.0 Å². The Morgan fingerprint density at radius 3 is 2.39 bits per heavy atom. The number of hydrogen-bond donors (Lipinski definition) is 0. The van der Waals surface area contributed by atoms with E-state index in [9.17, 15) is 14.0 Å². The monoisotopic (exact) mass is 452 g/mol. The van der Waals surface area contributed by atoms with Gasteiger partial charge >= 0.3 is 6.09 Å². The maximum atomic E-state index is 13.7. The van der Waals surface area contributed by atoms with Crippen molar-refractivity contribution in [3.05, 3.63) is 65.0 Å². The summed E-state index contributed by atoms with van der Waals surface area (Å²) >= 11 is 0. The lowest BCUT2D eigenvalue weighted by molar-refractivity contribution is -0.123. The Balaban J connectivity index is 1.57. The van der Waals surface area contributed by atoms with Crippen LogP contribution in [0, 0.1) is 5.82 Å². The molecule has 0 spiro atoms. The van der Waals surface area contributed by atoms with Gasteiger partial charge in [0.1, 0.15) is 11.4 Å². The fourth-order valence-electron chi connectivity index (χ4n) is 5.05. The summed E-state index contributed by atoms with van der Waals surface area (Å²) in [5.41, 5.74) is 2.81. The summed E-state index contributed by atoms with van der Waals surface area (Å²) in [6.07, 6.45) is 0.203. The minimum Gasteiger partial charge on any atom is -0.444 e. The van der Waals surface area contributed by atoms with Crippen LogP contribution >= 0.6 is 0 Å². The van der Waals surface area contributed by atoms with Crippen LogP contribution in [-0.4, -0.2) is 48.6 Å². The van der Waals surface area contributed by atoms with Crippen molar-refractivity contribution in [1.82, 2.24) is 4.90 Å². The summed E-state index contributed by atoms with van der Waals surface area (Å²) in [6, 6.07) is 12.6. The lowest BCUT2D eigenvalue weighted by atomic mass is 9.83. The number of halogens is 1. The fraction of sp³-hybridized carbons (Fsp3) is 0.481. The van der Waals surface area contributed by atoms with E-state index in [1.807, 2.05) is 52.8 Å². The summed E-state index contributed by atoms with van der Waals surface area (Å²) in [6.45, 7) is 12.1. The largest absolute Gasteiger partial charge is 0.444 e. The Labute approximate surface area is 195 Å². The van der Waals surface area contributed by atoms with Crippen molar-refractivity contribution >= 4 is 17.6 Å². The van der Waals surface area contributed by atoms with Crippen LogP contribution in [0.25, 0.3) is 0 Å². The van der Waals surface area contributed by atoms with E-state index >= 15 is 0 Å². The number of carbonyl (C=O) groups excluding carboxylic acids is 2. The number of benzene rings is 2. The molecule has 0 saturated carbocycles. The first kappa shape index (κ1) is 23.3. The molecule has 1 aliphatic heterocycles. The number of nitrogens with zero attached hydrogens (tertiary/aromatic N) is 2. The fourth-order valence-corrected chi connectivity index (χ4v) is 5.05. The molecule has 2 aliphatic rings. The zero-order valence-electron chi connectivity index (χ0n) is 20.2. The van der Waals surface area contributed by atoms with Gasteiger partial charge in [0, 0.05) is 37.8 Å². The van der Waals surface area contributed by atoms with Gasteiger partial charge < -0.3 is 14.5 Å². The van der Waals surface area contributed by atoms with Gasteiger partial charge in [-0.15, -0.1) is 0 Å². The maximum Gasteiger partial charge on any atom is 0.410 e. The van der Waals surface area contributed by atoms with E-state index in [0.717, 1.165) is 22.4 Å². The van der Waals surface area contributed by atoms with Gasteiger partial charge in [-0.05, 0) is 75.9 Å². The number of anilines is 1. The van der Waals surface area contributed by atoms with Crippen molar-refractivity contribution in [2.75, 3.05) is 31.1 Å². The van der Waals surface area contributed by atoms with Crippen molar-refractivity contribution in [3.8, 4) is 0 Å². The van der Waals surface area contributed by atoms with Crippen molar-refractivity contribution < 1.29 is 18.7 Å². The molecular weight excluding hydrogens is 419 g/mol. The number of amides is 1. The Morgan fingerprint density at radius 2 is 1.76 bits per heavy atom. The second-order valence-corrected chi connectivity index (χ2v) is 10.6. The molecule has 0 N–H and O–H groups in total. The third-order valence-corrected chi connectivity index (χ3v) is 6.61. The first-order valence-corrected chi connectivity index (χ1v) is 11.6. The van der Waals surface area contributed by atoms with E-state index in [1.54, 1.807) is 11.0 Å². The topological polar surface area (TPSA) is 49.9 Å². The molecule has 0 aromatic heterocycles. The predicted octanol–water partition coefficient (Wildman–Crippen LogP) is 5.07. The molecule has 5 nitrogen and oxygen atoms in total. The summed E-state index contributed by atoms with van der Waals surface area (Å²) in [5.74, 6) is -0.407. The summed E-state index contributed by atoms with van der Waals surface area (Å²) in [5, 5.41) is 0. The normalized spacial score (nSPS) is 20.1. The molecule has 1 aliphatic carbocycles. The van der Waals surface area contributed by atoms with Crippen LogP contribution in [0.1, 0.15) is 57.2 Å². The van der Waals surface area contributed by atoms with Crippen molar-refractivity contribution in [1.29, 1.82) is 0 Å². The molecule has 0 bridgehead atoms. The average Bonchev–Trinajstić information content (AvgIpc) is 2.93. The van der Waals surface area contributed by atoms with E-state index in [0.29, 0.717) is 32.6 Å². The molecule has 1 amide bonds. The van der Waals surface area contributed by atoms with E-state index in [2.05, 4.69) is 11.0 Å². The number of hydrogen-bond acceptors (Lipinski definition) is 4. The molecule has 1 unspecified atom stereocenters. The van der Waals surface area contributed by atoms with Gasteiger partial charge in [0.15, 0.2) is 5.78 Å². The van der Waals surface area contributed by atoms with E-state index in [4.69, 9.17) is 4.74 Å². The van der Waals surface area contributed by atoms with Crippen LogP contribution in [0.2, 0.25) is 0 Å². The lowest BCUT2D eigenvalue weighted by Crippen LogP contribution is -2.50. The highest BCUT2D eigenvalue weighted by Gasteiger charge is 2.47. The molecule has 1 heterocycles. The predicted molar refractivity (Wildman–Crippen MR) is 127 cm³/mol. The number of piperazine rings is 1. The van der Waals surface area contributed by atoms with Crippen molar-refractivity contribution in [3.63, 3.8) is 0 Å². The highest BCUT2D eigenvalue weighted by atomic mass is 19.1. The molecule has 6 heteroatoms. The molecule has 4 rings (SSSR count). The van der Waals surface area contributed by atoms with Crippen LogP contribution in [0.5, 0.6) is 0 Å².